The van der Waals surface area contributed by atoms with Crippen molar-refractivity contribution < 1.29 is 24.7 Å². The van der Waals surface area contributed by atoms with Gasteiger partial charge in [0.1, 0.15) is 0 Å². The second-order valence-electron chi connectivity index (χ2n) is 1.40. The minimum atomic E-state index is 1.43. The first kappa shape index (κ1) is 5.71. The molecule has 7 heavy (non-hydrogen) atoms. The fourth-order valence-electron chi connectivity index (χ4n) is 0.345. The molecule has 1 aromatic rings. The molecule has 38 valence electrons. The van der Waals surface area contributed by atoms with E-state index in [2.05, 4.69) is 17.7 Å². The molecule has 0 aliphatic carbocycles. The van der Waals surface area contributed by atoms with Crippen LogP contribution in [0.25, 0.3) is 0 Å². The fourth-order valence-corrected chi connectivity index (χ4v) is 2.15. The second kappa shape index (κ2) is 2.23. The number of hydrogen-bond acceptors (Lipinski definition) is 1. The number of thiophene rings is 1. The van der Waals surface area contributed by atoms with E-state index in [1.165, 1.54) is 8.83 Å². The Hall–Kier alpha value is 0.583. The molecule has 0 aromatic carbocycles. The molecule has 1 rings (SSSR count). The molecule has 0 saturated carbocycles. The number of aryl methyl sites for hydroxylation is 1. The van der Waals surface area contributed by atoms with Crippen LogP contribution < -0.4 is 3.27 Å². The van der Waals surface area contributed by atoms with E-state index in [0.29, 0.717) is 0 Å². The molecule has 0 amide bonds. The van der Waals surface area contributed by atoms with E-state index in [4.69, 9.17) is 0 Å². The minimum absolute atomic E-state index is 1.43. The maximum atomic E-state index is 2.19. The van der Waals surface area contributed by atoms with Crippen LogP contribution in [0, 0.1) is 31.6 Å². The molecule has 0 fully saturated rings. The van der Waals surface area contributed by atoms with Crippen molar-refractivity contribution in [2.24, 2.45) is 0 Å². The molecular formula is C5H5AtS. The average molecular weight is 307 g/mol. The summed E-state index contributed by atoms with van der Waals surface area (Å²) in [5, 5.41) is 4.36. The van der Waals surface area contributed by atoms with Gasteiger partial charge >= 0.3 is 62.6 Å². The van der Waals surface area contributed by atoms with Crippen molar-refractivity contribution in [1.82, 2.24) is 0 Å². The van der Waals surface area contributed by atoms with Gasteiger partial charge in [-0.1, -0.05) is 0 Å². The van der Waals surface area contributed by atoms with E-state index in [-0.39, 0.29) is 0 Å². The molecule has 0 aliphatic heterocycles. The second-order valence-corrected chi connectivity index (χ2v) is 3.73. The topological polar surface area (TPSA) is 0 Å². The summed E-state index contributed by atoms with van der Waals surface area (Å²) in [4.78, 5) is 0. The van der Waals surface area contributed by atoms with Crippen LogP contribution in [0.15, 0.2) is 10.8 Å². The van der Waals surface area contributed by atoms with Gasteiger partial charge in [-0.25, -0.2) is 0 Å². The maximum absolute atomic E-state index is 2.19. The summed E-state index contributed by atoms with van der Waals surface area (Å²) in [6, 6.07) is 0. The first-order valence-corrected chi connectivity index (χ1v) is 4.40. The SMILES string of the molecule is Cc1cscc1[At]. The molecule has 0 saturated heterocycles. The molecule has 0 radical (unpaired) electrons. The van der Waals surface area contributed by atoms with Gasteiger partial charge in [-0.15, -0.1) is 0 Å². The third-order valence-corrected chi connectivity index (χ3v) is 3.82. The van der Waals surface area contributed by atoms with Gasteiger partial charge in [-0.3, -0.25) is 0 Å². The zero-order chi connectivity index (χ0) is 5.28. The van der Waals surface area contributed by atoms with Gasteiger partial charge in [0.05, 0.1) is 0 Å². The zero-order valence-electron chi connectivity index (χ0n) is 3.94. The molecule has 0 spiro atoms. The fraction of sp³-hybridized carbons (Fsp3) is 0.200. The molecule has 0 aliphatic rings. The van der Waals surface area contributed by atoms with Crippen LogP contribution in [0.3, 0.4) is 0 Å². The van der Waals surface area contributed by atoms with Crippen LogP contribution in [-0.2, 0) is 0 Å². The van der Waals surface area contributed by atoms with E-state index in [9.17, 15) is 0 Å². The Morgan fingerprint density at radius 1 is 1.57 bits per heavy atom. The molecule has 0 bridgehead atoms. The molecule has 0 nitrogen and oxygen atoms in total. The van der Waals surface area contributed by atoms with Gasteiger partial charge in [-0.2, -0.15) is 0 Å². The molecule has 0 N–H and O–H groups in total. The van der Waals surface area contributed by atoms with Crippen molar-refractivity contribution in [3.05, 3.63) is 16.3 Å². The van der Waals surface area contributed by atoms with Crippen molar-refractivity contribution in [2.75, 3.05) is 0 Å². The Balaban J connectivity index is 3.12. The van der Waals surface area contributed by atoms with Gasteiger partial charge in [0.2, 0.25) is 0 Å². The Bertz CT molecular complexity index is 140. The molecule has 0 unspecified atom stereocenters. The number of rotatable bonds is 0. The summed E-state index contributed by atoms with van der Waals surface area (Å²) in [6.07, 6.45) is 0. The summed E-state index contributed by atoms with van der Waals surface area (Å²) in [5.41, 5.74) is 1.43. The first-order chi connectivity index (χ1) is 3.30. The first-order valence-electron chi connectivity index (χ1n) is 1.99. The molecule has 1 aromatic heterocycles. The summed E-state index contributed by atoms with van der Waals surface area (Å²) >= 11 is 3.54. The Labute approximate surface area is 62.4 Å². The predicted octanol–water partition coefficient (Wildman–Crippen LogP) is 1.23. The zero-order valence-corrected chi connectivity index (χ0v) is 7.70. The van der Waals surface area contributed by atoms with E-state index < -0.39 is 0 Å². The molecule has 2 heteroatoms. The average Bonchev–Trinajstić information content (AvgIpc) is 1.91. The van der Waals surface area contributed by atoms with Gasteiger partial charge in [0, 0.05) is 0 Å². The summed E-state index contributed by atoms with van der Waals surface area (Å²) in [6.45, 7) is 2.14. The summed E-state index contributed by atoms with van der Waals surface area (Å²) in [5.74, 6) is 0. The van der Waals surface area contributed by atoms with Gasteiger partial charge in [0.15, 0.2) is 0 Å². The monoisotopic (exact) mass is 307 g/mol. The normalized spacial score (nSPS) is 9.43. The predicted molar refractivity (Wildman–Crippen MR) is 28.7 cm³/mol. The van der Waals surface area contributed by atoms with Crippen LogP contribution in [0.4, 0.5) is 0 Å². The van der Waals surface area contributed by atoms with Crippen LogP contribution in [0.2, 0.25) is 0 Å². The van der Waals surface area contributed by atoms with Crippen molar-refractivity contribution in [3.8, 4) is 0 Å². The van der Waals surface area contributed by atoms with E-state index in [1.54, 1.807) is 36.1 Å². The quantitative estimate of drug-likeness (QED) is 0.676. The van der Waals surface area contributed by atoms with Crippen molar-refractivity contribution in [3.63, 3.8) is 0 Å². The Morgan fingerprint density at radius 3 is 2.43 bits per heavy atom. The molecule has 0 atom stereocenters. The van der Waals surface area contributed by atoms with E-state index >= 15 is 0 Å². The van der Waals surface area contributed by atoms with Crippen LogP contribution in [0.1, 0.15) is 5.56 Å². The van der Waals surface area contributed by atoms with Crippen molar-refractivity contribution in [2.45, 2.75) is 6.92 Å². The summed E-state index contributed by atoms with van der Waals surface area (Å²) in [7, 11) is 0. The van der Waals surface area contributed by atoms with Crippen LogP contribution in [-0.4, -0.2) is 0 Å². The van der Waals surface area contributed by atoms with E-state index in [0.717, 1.165) is 0 Å². The Kier molecular flexibility index (Phi) is 1.82. The Morgan fingerprint density at radius 2 is 2.29 bits per heavy atom. The van der Waals surface area contributed by atoms with Gasteiger partial charge in [-0.05, 0) is 0 Å². The van der Waals surface area contributed by atoms with Crippen molar-refractivity contribution in [1.29, 1.82) is 0 Å². The standard InChI is InChI=1S/C5H5AtS/c1-4-2-7-3-5(4)6/h2-3H,1H3. The summed E-state index contributed by atoms with van der Waals surface area (Å²) < 4.78 is 1.46. The molecular weight excluding hydrogens is 302 g/mol. The number of hydrogen-bond donors (Lipinski definition) is 0. The van der Waals surface area contributed by atoms with Crippen LogP contribution in [0.5, 0.6) is 0 Å². The van der Waals surface area contributed by atoms with Crippen molar-refractivity contribution >= 4 is 14.6 Å². The molecule has 1 heterocycles. The van der Waals surface area contributed by atoms with Crippen LogP contribution >= 0.6 is 11.3 Å². The van der Waals surface area contributed by atoms with E-state index in [1.807, 2.05) is 0 Å². The van der Waals surface area contributed by atoms with Gasteiger partial charge in [0.25, 0.3) is 0 Å². The third kappa shape index (κ3) is 1.23. The third-order valence-electron chi connectivity index (χ3n) is 0.793. The van der Waals surface area contributed by atoms with Gasteiger partial charge < -0.3 is 0 Å².